The molecule has 24 heavy (non-hydrogen) atoms. The summed E-state index contributed by atoms with van der Waals surface area (Å²) in [5.74, 6) is 2.35. The Morgan fingerprint density at radius 1 is 1.04 bits per heavy atom. The van der Waals surface area contributed by atoms with Crippen LogP contribution in [-0.4, -0.2) is 20.8 Å². The standard InChI is InChI=1S/C21H27NO2/c1-13(2)18-12-19(14(3)10-20(18)24-5)21-17-7-6-16(23-4)11-15(17)8-9-22-21/h6-7,10-13,21-22H,8-9H2,1-5H3. The van der Waals surface area contributed by atoms with Gasteiger partial charge in [-0.3, -0.25) is 0 Å². The lowest BCUT2D eigenvalue weighted by Crippen LogP contribution is -2.31. The van der Waals surface area contributed by atoms with E-state index in [1.807, 2.05) is 0 Å². The van der Waals surface area contributed by atoms with E-state index in [9.17, 15) is 0 Å². The van der Waals surface area contributed by atoms with E-state index in [1.165, 1.54) is 27.8 Å². The summed E-state index contributed by atoms with van der Waals surface area (Å²) in [5.41, 5.74) is 6.59. The average molecular weight is 325 g/mol. The highest BCUT2D eigenvalue weighted by molar-refractivity contribution is 5.50. The Morgan fingerprint density at radius 2 is 1.83 bits per heavy atom. The molecule has 1 unspecified atom stereocenters. The van der Waals surface area contributed by atoms with Gasteiger partial charge in [0.2, 0.25) is 0 Å². The second-order valence-corrected chi connectivity index (χ2v) is 6.81. The van der Waals surface area contributed by atoms with Crippen LogP contribution in [0.15, 0.2) is 30.3 Å². The van der Waals surface area contributed by atoms with Gasteiger partial charge >= 0.3 is 0 Å². The fourth-order valence-corrected chi connectivity index (χ4v) is 3.60. The van der Waals surface area contributed by atoms with Crippen molar-refractivity contribution in [3.63, 3.8) is 0 Å². The molecule has 3 heteroatoms. The molecule has 0 aromatic heterocycles. The second kappa shape index (κ2) is 6.86. The Labute approximate surface area is 145 Å². The van der Waals surface area contributed by atoms with Gasteiger partial charge in [-0.15, -0.1) is 0 Å². The summed E-state index contributed by atoms with van der Waals surface area (Å²) in [4.78, 5) is 0. The summed E-state index contributed by atoms with van der Waals surface area (Å²) in [6, 6.07) is 11.1. The molecule has 0 amide bonds. The molecule has 3 nitrogen and oxygen atoms in total. The Balaban J connectivity index is 2.09. The average Bonchev–Trinajstić information content (AvgIpc) is 2.60. The molecule has 0 aliphatic carbocycles. The van der Waals surface area contributed by atoms with Crippen LogP contribution >= 0.6 is 0 Å². The highest BCUT2D eigenvalue weighted by Gasteiger charge is 2.24. The number of ether oxygens (including phenoxy) is 2. The van der Waals surface area contributed by atoms with Gasteiger partial charge in [0.15, 0.2) is 0 Å². The molecule has 1 N–H and O–H groups in total. The zero-order chi connectivity index (χ0) is 17.3. The van der Waals surface area contributed by atoms with E-state index in [4.69, 9.17) is 9.47 Å². The molecule has 128 valence electrons. The van der Waals surface area contributed by atoms with Crippen LogP contribution in [0.4, 0.5) is 0 Å². The van der Waals surface area contributed by atoms with Crippen LogP contribution in [0.25, 0.3) is 0 Å². The Hall–Kier alpha value is -2.00. The lowest BCUT2D eigenvalue weighted by molar-refractivity contribution is 0.406. The molecule has 0 saturated carbocycles. The highest BCUT2D eigenvalue weighted by atomic mass is 16.5. The first-order valence-electron chi connectivity index (χ1n) is 8.63. The van der Waals surface area contributed by atoms with E-state index in [2.05, 4.69) is 56.4 Å². The molecule has 3 rings (SSSR count). The molecule has 0 bridgehead atoms. The molecule has 0 spiro atoms. The molecule has 1 heterocycles. The van der Waals surface area contributed by atoms with E-state index in [0.29, 0.717) is 5.92 Å². The van der Waals surface area contributed by atoms with Crippen molar-refractivity contribution in [1.29, 1.82) is 0 Å². The Morgan fingerprint density at radius 3 is 2.50 bits per heavy atom. The number of nitrogens with one attached hydrogen (secondary N) is 1. The third-order valence-corrected chi connectivity index (χ3v) is 4.96. The molecule has 1 aliphatic heterocycles. The van der Waals surface area contributed by atoms with Gasteiger partial charge in [0.1, 0.15) is 11.5 Å². The number of hydrogen-bond donors (Lipinski definition) is 1. The molecular weight excluding hydrogens is 298 g/mol. The summed E-state index contributed by atoms with van der Waals surface area (Å²) in [6.07, 6.45) is 1.04. The van der Waals surface area contributed by atoms with Crippen LogP contribution in [0.1, 0.15) is 53.6 Å². The van der Waals surface area contributed by atoms with Gasteiger partial charge < -0.3 is 14.8 Å². The Bertz CT molecular complexity index is 737. The third-order valence-electron chi connectivity index (χ3n) is 4.96. The zero-order valence-electron chi connectivity index (χ0n) is 15.3. The third kappa shape index (κ3) is 3.01. The van der Waals surface area contributed by atoms with Crippen molar-refractivity contribution in [2.45, 2.75) is 39.2 Å². The van der Waals surface area contributed by atoms with Crippen molar-refractivity contribution in [2.75, 3.05) is 20.8 Å². The monoisotopic (exact) mass is 325 g/mol. The number of hydrogen-bond acceptors (Lipinski definition) is 3. The smallest absolute Gasteiger partial charge is 0.122 e. The van der Waals surface area contributed by atoms with Crippen LogP contribution in [0, 0.1) is 6.92 Å². The molecule has 0 fully saturated rings. The number of fused-ring (bicyclic) bond motifs is 1. The van der Waals surface area contributed by atoms with E-state index >= 15 is 0 Å². The molecule has 1 atom stereocenters. The molecular formula is C21H27NO2. The molecule has 0 saturated heterocycles. The number of methoxy groups -OCH3 is 2. The van der Waals surface area contributed by atoms with Crippen molar-refractivity contribution in [3.8, 4) is 11.5 Å². The summed E-state index contributed by atoms with van der Waals surface area (Å²) in [6.45, 7) is 7.57. The highest BCUT2D eigenvalue weighted by Crippen LogP contribution is 2.37. The molecule has 0 radical (unpaired) electrons. The van der Waals surface area contributed by atoms with E-state index in [-0.39, 0.29) is 6.04 Å². The lowest BCUT2D eigenvalue weighted by atomic mass is 9.85. The van der Waals surface area contributed by atoms with Crippen molar-refractivity contribution in [1.82, 2.24) is 5.32 Å². The molecule has 2 aromatic carbocycles. The number of rotatable bonds is 4. The van der Waals surface area contributed by atoms with E-state index in [1.54, 1.807) is 14.2 Å². The van der Waals surface area contributed by atoms with Crippen molar-refractivity contribution in [2.24, 2.45) is 0 Å². The van der Waals surface area contributed by atoms with Crippen molar-refractivity contribution >= 4 is 0 Å². The normalized spacial score (nSPS) is 16.8. The number of benzene rings is 2. The summed E-state index contributed by atoms with van der Waals surface area (Å²) < 4.78 is 11.0. The SMILES string of the molecule is COc1ccc2c(c1)CCNC2c1cc(C(C)C)c(OC)cc1C. The summed E-state index contributed by atoms with van der Waals surface area (Å²) >= 11 is 0. The van der Waals surface area contributed by atoms with Gasteiger partial charge in [-0.1, -0.05) is 19.9 Å². The first-order valence-corrected chi connectivity index (χ1v) is 8.63. The fourth-order valence-electron chi connectivity index (χ4n) is 3.60. The molecule has 1 aliphatic rings. The maximum atomic E-state index is 5.59. The largest absolute Gasteiger partial charge is 0.497 e. The van der Waals surface area contributed by atoms with Gasteiger partial charge in [-0.25, -0.2) is 0 Å². The van der Waals surface area contributed by atoms with E-state index in [0.717, 1.165) is 24.5 Å². The van der Waals surface area contributed by atoms with Gasteiger partial charge in [-0.2, -0.15) is 0 Å². The first-order chi connectivity index (χ1) is 11.5. The predicted molar refractivity (Wildman–Crippen MR) is 98.4 cm³/mol. The van der Waals surface area contributed by atoms with E-state index < -0.39 is 0 Å². The van der Waals surface area contributed by atoms with Crippen LogP contribution in [-0.2, 0) is 6.42 Å². The van der Waals surface area contributed by atoms with Crippen molar-refractivity contribution in [3.05, 3.63) is 58.1 Å². The minimum absolute atomic E-state index is 0.225. The van der Waals surface area contributed by atoms with Crippen LogP contribution in [0.5, 0.6) is 11.5 Å². The van der Waals surface area contributed by atoms with Crippen LogP contribution in [0.2, 0.25) is 0 Å². The summed E-state index contributed by atoms with van der Waals surface area (Å²) in [5, 5.41) is 3.69. The zero-order valence-corrected chi connectivity index (χ0v) is 15.3. The lowest BCUT2D eigenvalue weighted by Gasteiger charge is -2.30. The Kier molecular flexibility index (Phi) is 4.81. The predicted octanol–water partition coefficient (Wildman–Crippen LogP) is 4.37. The molecule has 2 aromatic rings. The summed E-state index contributed by atoms with van der Waals surface area (Å²) in [7, 11) is 3.48. The van der Waals surface area contributed by atoms with Crippen LogP contribution in [0.3, 0.4) is 0 Å². The van der Waals surface area contributed by atoms with Gasteiger partial charge in [-0.05, 0) is 71.3 Å². The topological polar surface area (TPSA) is 30.5 Å². The second-order valence-electron chi connectivity index (χ2n) is 6.81. The van der Waals surface area contributed by atoms with Crippen LogP contribution < -0.4 is 14.8 Å². The van der Waals surface area contributed by atoms with Gasteiger partial charge in [0.25, 0.3) is 0 Å². The number of aryl methyl sites for hydroxylation is 1. The minimum Gasteiger partial charge on any atom is -0.497 e. The maximum Gasteiger partial charge on any atom is 0.122 e. The van der Waals surface area contributed by atoms with Crippen molar-refractivity contribution < 1.29 is 9.47 Å². The quantitative estimate of drug-likeness (QED) is 0.905. The van der Waals surface area contributed by atoms with Gasteiger partial charge in [0, 0.05) is 6.54 Å². The fraction of sp³-hybridized carbons (Fsp3) is 0.429. The minimum atomic E-state index is 0.225. The van der Waals surface area contributed by atoms with Gasteiger partial charge in [0.05, 0.1) is 20.3 Å². The maximum absolute atomic E-state index is 5.59. The first kappa shape index (κ1) is 16.8.